The Morgan fingerprint density at radius 3 is 2.83 bits per heavy atom. The minimum Gasteiger partial charge on any atom is -0.508 e. The molecule has 0 fully saturated rings. The summed E-state index contributed by atoms with van der Waals surface area (Å²) in [5.74, 6) is 0.159. The lowest BCUT2D eigenvalue weighted by molar-refractivity contribution is 0.282. The zero-order valence-electron chi connectivity index (χ0n) is 15.7. The molecule has 0 aliphatic carbocycles. The molecule has 4 rings (SSSR count). The van der Waals surface area contributed by atoms with E-state index < -0.39 is 0 Å². The molecule has 0 saturated carbocycles. The average molecular weight is 393 g/mol. The number of fused-ring (bicyclic) bond motifs is 1. The van der Waals surface area contributed by atoms with Crippen LogP contribution in [0.25, 0.3) is 17.0 Å². The monoisotopic (exact) mass is 393 g/mol. The molecule has 8 heteroatoms. The van der Waals surface area contributed by atoms with Crippen LogP contribution >= 0.6 is 0 Å². The molecule has 0 bridgehead atoms. The number of benzene rings is 1. The summed E-state index contributed by atoms with van der Waals surface area (Å²) in [7, 11) is 0. The molecule has 29 heavy (non-hydrogen) atoms. The highest BCUT2D eigenvalue weighted by Crippen LogP contribution is 2.27. The third-order valence-electron chi connectivity index (χ3n) is 4.74. The zero-order chi connectivity index (χ0) is 20.4. The van der Waals surface area contributed by atoms with Gasteiger partial charge in [-0.05, 0) is 48.0 Å². The van der Waals surface area contributed by atoms with Gasteiger partial charge in [0.1, 0.15) is 23.1 Å². The van der Waals surface area contributed by atoms with Gasteiger partial charge in [0.25, 0.3) is 0 Å². The molecule has 1 unspecified atom stereocenters. The van der Waals surface area contributed by atoms with Gasteiger partial charge in [0.2, 0.25) is 0 Å². The number of nitrogens with one attached hydrogen (secondary N) is 1. The second-order valence-electron chi connectivity index (χ2n) is 6.82. The van der Waals surface area contributed by atoms with Crippen molar-refractivity contribution in [3.05, 3.63) is 71.8 Å². The van der Waals surface area contributed by atoms with Crippen molar-refractivity contribution in [1.82, 2.24) is 19.6 Å². The highest BCUT2D eigenvalue weighted by atomic mass is 19.1. The summed E-state index contributed by atoms with van der Waals surface area (Å²) in [4.78, 5) is 8.70. The topological polar surface area (TPSA) is 95.6 Å². The van der Waals surface area contributed by atoms with Crippen LogP contribution in [0.4, 0.5) is 10.2 Å². The SMILES string of the molecule is CC(CNc1ccc2ncc(-c3cc(CO)ccn3)n2n1)c1cc(F)ccc1O. The van der Waals surface area contributed by atoms with Gasteiger partial charge in [-0.1, -0.05) is 6.92 Å². The molecule has 0 amide bonds. The number of rotatable bonds is 6. The second kappa shape index (κ2) is 7.84. The molecule has 1 aromatic carbocycles. The van der Waals surface area contributed by atoms with E-state index >= 15 is 0 Å². The summed E-state index contributed by atoms with van der Waals surface area (Å²) < 4.78 is 15.2. The van der Waals surface area contributed by atoms with Gasteiger partial charge < -0.3 is 15.5 Å². The lowest BCUT2D eigenvalue weighted by Gasteiger charge is -2.15. The van der Waals surface area contributed by atoms with Crippen LogP contribution in [0.15, 0.2) is 54.9 Å². The predicted octanol–water partition coefficient (Wildman–Crippen LogP) is 3.34. The van der Waals surface area contributed by atoms with E-state index in [0.29, 0.717) is 35.0 Å². The summed E-state index contributed by atoms with van der Waals surface area (Å²) in [6, 6.07) is 11.1. The number of aliphatic hydroxyl groups excluding tert-OH is 1. The van der Waals surface area contributed by atoms with E-state index in [-0.39, 0.29) is 24.1 Å². The molecule has 4 aromatic rings. The Bertz CT molecular complexity index is 1160. The number of anilines is 1. The molecule has 0 aliphatic rings. The van der Waals surface area contributed by atoms with E-state index in [1.807, 2.05) is 19.1 Å². The first-order valence-corrected chi connectivity index (χ1v) is 9.18. The molecular formula is C21H20FN5O2. The molecular weight excluding hydrogens is 373 g/mol. The normalized spacial score (nSPS) is 12.2. The van der Waals surface area contributed by atoms with Crippen LogP contribution in [0.5, 0.6) is 5.75 Å². The summed E-state index contributed by atoms with van der Waals surface area (Å²) in [6.07, 6.45) is 3.32. The van der Waals surface area contributed by atoms with Crippen molar-refractivity contribution in [3.8, 4) is 17.1 Å². The fourth-order valence-corrected chi connectivity index (χ4v) is 3.14. The van der Waals surface area contributed by atoms with Crippen molar-refractivity contribution in [3.63, 3.8) is 0 Å². The third-order valence-corrected chi connectivity index (χ3v) is 4.74. The van der Waals surface area contributed by atoms with Crippen LogP contribution in [0.2, 0.25) is 0 Å². The fraction of sp³-hybridized carbons (Fsp3) is 0.190. The maximum atomic E-state index is 13.5. The molecule has 0 radical (unpaired) electrons. The molecule has 0 aliphatic heterocycles. The lowest BCUT2D eigenvalue weighted by atomic mass is 10.00. The highest BCUT2D eigenvalue weighted by molar-refractivity contribution is 5.60. The van der Waals surface area contributed by atoms with Crippen LogP contribution in [-0.2, 0) is 6.61 Å². The number of phenolic OH excluding ortho intramolecular Hbond substituents is 1. The van der Waals surface area contributed by atoms with Gasteiger partial charge in [0.05, 0.1) is 18.5 Å². The number of pyridine rings is 1. The highest BCUT2D eigenvalue weighted by Gasteiger charge is 2.13. The van der Waals surface area contributed by atoms with E-state index in [9.17, 15) is 14.6 Å². The van der Waals surface area contributed by atoms with Crippen molar-refractivity contribution < 1.29 is 14.6 Å². The predicted molar refractivity (Wildman–Crippen MR) is 107 cm³/mol. The lowest BCUT2D eigenvalue weighted by Crippen LogP contribution is -2.12. The zero-order valence-corrected chi connectivity index (χ0v) is 15.7. The molecule has 1 atom stereocenters. The molecule has 7 nitrogen and oxygen atoms in total. The summed E-state index contributed by atoms with van der Waals surface area (Å²) in [5.41, 5.74) is 3.31. The number of aromatic nitrogens is 4. The average Bonchev–Trinajstić information content (AvgIpc) is 3.17. The number of aromatic hydroxyl groups is 1. The quantitative estimate of drug-likeness (QED) is 0.465. The Kier molecular flexibility index (Phi) is 5.09. The van der Waals surface area contributed by atoms with Gasteiger partial charge in [-0.3, -0.25) is 4.98 Å². The van der Waals surface area contributed by atoms with Gasteiger partial charge >= 0.3 is 0 Å². The van der Waals surface area contributed by atoms with Gasteiger partial charge in [0.15, 0.2) is 5.65 Å². The maximum Gasteiger partial charge on any atom is 0.154 e. The Balaban J connectivity index is 1.58. The summed E-state index contributed by atoms with van der Waals surface area (Å²) >= 11 is 0. The number of hydrogen-bond acceptors (Lipinski definition) is 6. The Labute approximate surface area is 166 Å². The van der Waals surface area contributed by atoms with Gasteiger partial charge in [-0.2, -0.15) is 0 Å². The number of hydrogen-bond donors (Lipinski definition) is 3. The number of imidazole rings is 1. The summed E-state index contributed by atoms with van der Waals surface area (Å²) in [6.45, 7) is 2.28. The van der Waals surface area contributed by atoms with Gasteiger partial charge in [-0.15, -0.1) is 5.10 Å². The van der Waals surface area contributed by atoms with E-state index in [0.717, 1.165) is 5.56 Å². The van der Waals surface area contributed by atoms with Crippen molar-refractivity contribution in [2.24, 2.45) is 0 Å². The van der Waals surface area contributed by atoms with E-state index in [4.69, 9.17) is 0 Å². The Morgan fingerprint density at radius 2 is 2.00 bits per heavy atom. The molecule has 3 heterocycles. The first-order chi connectivity index (χ1) is 14.0. The van der Waals surface area contributed by atoms with Crippen LogP contribution in [0.1, 0.15) is 24.0 Å². The van der Waals surface area contributed by atoms with Crippen molar-refractivity contribution in [2.75, 3.05) is 11.9 Å². The molecule has 0 spiro atoms. The minimum absolute atomic E-state index is 0.0656. The molecule has 3 N–H and O–H groups in total. The summed E-state index contributed by atoms with van der Waals surface area (Å²) in [5, 5.41) is 27.1. The smallest absolute Gasteiger partial charge is 0.154 e. The van der Waals surface area contributed by atoms with Crippen molar-refractivity contribution in [2.45, 2.75) is 19.4 Å². The number of halogens is 1. The van der Waals surface area contributed by atoms with Gasteiger partial charge in [0, 0.05) is 24.2 Å². The molecule has 3 aromatic heterocycles. The second-order valence-corrected chi connectivity index (χ2v) is 6.82. The van der Waals surface area contributed by atoms with Crippen LogP contribution in [-0.4, -0.2) is 36.3 Å². The van der Waals surface area contributed by atoms with E-state index in [1.165, 1.54) is 18.2 Å². The fourth-order valence-electron chi connectivity index (χ4n) is 3.14. The van der Waals surface area contributed by atoms with Crippen LogP contribution in [0.3, 0.4) is 0 Å². The van der Waals surface area contributed by atoms with E-state index in [2.05, 4.69) is 20.4 Å². The number of nitrogens with zero attached hydrogens (tertiary/aromatic N) is 4. The molecule has 148 valence electrons. The van der Waals surface area contributed by atoms with Crippen LogP contribution < -0.4 is 5.32 Å². The van der Waals surface area contributed by atoms with Crippen molar-refractivity contribution >= 4 is 11.5 Å². The third kappa shape index (κ3) is 3.88. The number of phenols is 1. The Morgan fingerprint density at radius 1 is 1.14 bits per heavy atom. The van der Waals surface area contributed by atoms with Gasteiger partial charge in [-0.25, -0.2) is 13.9 Å². The number of aliphatic hydroxyl groups is 1. The van der Waals surface area contributed by atoms with Crippen LogP contribution in [0, 0.1) is 5.82 Å². The Hall–Kier alpha value is -3.52. The van der Waals surface area contributed by atoms with E-state index in [1.54, 1.807) is 29.0 Å². The largest absolute Gasteiger partial charge is 0.508 e. The van der Waals surface area contributed by atoms with Crippen molar-refractivity contribution in [1.29, 1.82) is 0 Å². The molecule has 0 saturated heterocycles. The minimum atomic E-state index is -0.384. The first-order valence-electron chi connectivity index (χ1n) is 9.18. The maximum absolute atomic E-state index is 13.5. The first kappa shape index (κ1) is 18.8. The standard InChI is InChI=1S/C21H20FN5O2/c1-13(16-9-15(22)2-3-19(16)29)10-24-20-4-5-21-25-11-18(27(21)26-20)17-8-14(12-28)6-7-23-17/h2-9,11,13,28-29H,10,12H2,1H3,(H,24,26).